The van der Waals surface area contributed by atoms with Gasteiger partial charge in [0.2, 0.25) is 5.91 Å². The second-order valence-electron chi connectivity index (χ2n) is 4.27. The molecule has 0 spiro atoms. The lowest BCUT2D eigenvalue weighted by Gasteiger charge is -2.20. The first kappa shape index (κ1) is 13.0. The van der Waals surface area contributed by atoms with Gasteiger partial charge < -0.3 is 15.5 Å². The number of aliphatic hydroxyl groups is 1. The van der Waals surface area contributed by atoms with E-state index < -0.39 is 12.1 Å². The van der Waals surface area contributed by atoms with E-state index in [-0.39, 0.29) is 24.8 Å². The van der Waals surface area contributed by atoms with Crippen LogP contribution >= 0.6 is 0 Å². The van der Waals surface area contributed by atoms with Gasteiger partial charge in [0.25, 0.3) is 0 Å². The summed E-state index contributed by atoms with van der Waals surface area (Å²) in [6.45, 7) is 0.225. The molecule has 0 aromatic carbocycles. The molecule has 1 fully saturated rings. The number of nitrogens with one attached hydrogen (secondary N) is 1. The highest BCUT2D eigenvalue weighted by Gasteiger charge is 2.21. The van der Waals surface area contributed by atoms with Gasteiger partial charge in [-0.2, -0.15) is 0 Å². The Morgan fingerprint density at radius 2 is 1.88 bits per heavy atom. The Kier molecular flexibility index (Phi) is 5.25. The summed E-state index contributed by atoms with van der Waals surface area (Å²) in [5, 5.41) is 20.1. The summed E-state index contributed by atoms with van der Waals surface area (Å²) < 4.78 is 0. The highest BCUT2D eigenvalue weighted by molar-refractivity contribution is 5.78. The molecule has 5 nitrogen and oxygen atoms in total. The number of carbonyl (C=O) groups excluding carboxylic acids is 1. The number of hydrogen-bond acceptors (Lipinski definition) is 3. The van der Waals surface area contributed by atoms with Crippen LogP contribution in [0, 0.1) is 5.92 Å². The van der Waals surface area contributed by atoms with Gasteiger partial charge in [0.1, 0.15) is 0 Å². The van der Waals surface area contributed by atoms with Gasteiger partial charge in [-0.05, 0) is 12.8 Å². The number of carbonyl (C=O) groups is 2. The number of rotatable bonds is 5. The summed E-state index contributed by atoms with van der Waals surface area (Å²) >= 11 is 0. The fourth-order valence-corrected chi connectivity index (χ4v) is 1.96. The molecule has 0 unspecified atom stereocenters. The molecule has 0 heterocycles. The molecule has 1 saturated carbocycles. The molecule has 1 amide bonds. The third-order valence-electron chi connectivity index (χ3n) is 2.98. The maximum Gasteiger partial charge on any atom is 0.332 e. The lowest BCUT2D eigenvalue weighted by molar-refractivity contribution is -0.147. The zero-order chi connectivity index (χ0) is 12.0. The van der Waals surface area contributed by atoms with Crippen LogP contribution in [-0.4, -0.2) is 34.7 Å². The van der Waals surface area contributed by atoms with Crippen LogP contribution in [0.2, 0.25) is 0 Å². The van der Waals surface area contributed by atoms with E-state index >= 15 is 0 Å². The molecule has 1 aliphatic carbocycles. The zero-order valence-electron chi connectivity index (χ0n) is 9.32. The second-order valence-corrected chi connectivity index (χ2v) is 4.27. The third-order valence-corrected chi connectivity index (χ3v) is 2.98. The van der Waals surface area contributed by atoms with Crippen molar-refractivity contribution in [3.05, 3.63) is 0 Å². The van der Waals surface area contributed by atoms with E-state index in [4.69, 9.17) is 10.2 Å². The number of hydrogen-bond donors (Lipinski definition) is 3. The molecule has 92 valence electrons. The maximum atomic E-state index is 11.6. The first-order valence-electron chi connectivity index (χ1n) is 5.80. The van der Waals surface area contributed by atoms with Crippen molar-refractivity contribution in [3.63, 3.8) is 0 Å². The van der Waals surface area contributed by atoms with Crippen LogP contribution in [0.1, 0.15) is 38.5 Å². The Hall–Kier alpha value is -1.10. The molecule has 0 saturated heterocycles. The van der Waals surface area contributed by atoms with Crippen LogP contribution in [0.3, 0.4) is 0 Å². The van der Waals surface area contributed by atoms with Gasteiger partial charge in [0, 0.05) is 18.9 Å². The Bertz CT molecular complexity index is 248. The summed E-state index contributed by atoms with van der Waals surface area (Å²) in [7, 11) is 0. The van der Waals surface area contributed by atoms with Gasteiger partial charge in [-0.1, -0.05) is 19.3 Å². The number of aliphatic carboxylic acids is 1. The van der Waals surface area contributed by atoms with Crippen molar-refractivity contribution in [1.29, 1.82) is 0 Å². The standard InChI is InChI=1S/C11H19NO4/c13-9(11(15)16)6-7-12-10(14)8-4-2-1-3-5-8/h8-9,13H,1-7H2,(H,12,14)(H,15,16)/t9-/m0/s1. The Labute approximate surface area is 94.8 Å². The molecule has 0 aromatic rings. The molecule has 0 aromatic heterocycles. The van der Waals surface area contributed by atoms with Crippen LogP contribution in [-0.2, 0) is 9.59 Å². The monoisotopic (exact) mass is 229 g/mol. The van der Waals surface area contributed by atoms with Crippen LogP contribution in [0.15, 0.2) is 0 Å². The number of carboxylic acids is 1. The fraction of sp³-hybridized carbons (Fsp3) is 0.818. The largest absolute Gasteiger partial charge is 0.479 e. The molecular formula is C11H19NO4. The summed E-state index contributed by atoms with van der Waals surface area (Å²) in [6, 6.07) is 0. The first-order valence-corrected chi connectivity index (χ1v) is 5.80. The van der Waals surface area contributed by atoms with E-state index in [0.29, 0.717) is 0 Å². The van der Waals surface area contributed by atoms with Crippen molar-refractivity contribution in [2.24, 2.45) is 5.92 Å². The molecule has 5 heteroatoms. The SMILES string of the molecule is O=C(NCC[C@H](O)C(=O)O)C1CCCCC1. The molecule has 3 N–H and O–H groups in total. The molecule has 1 aliphatic rings. The third kappa shape index (κ3) is 4.18. The van der Waals surface area contributed by atoms with E-state index in [2.05, 4.69) is 5.32 Å². The van der Waals surface area contributed by atoms with Crippen LogP contribution in [0.4, 0.5) is 0 Å². The summed E-state index contributed by atoms with van der Waals surface area (Å²) in [4.78, 5) is 21.9. The topological polar surface area (TPSA) is 86.6 Å². The van der Waals surface area contributed by atoms with E-state index in [0.717, 1.165) is 25.7 Å². The Balaban J connectivity index is 2.16. The second kappa shape index (κ2) is 6.48. The average Bonchev–Trinajstić information content (AvgIpc) is 2.29. The molecule has 0 bridgehead atoms. The minimum Gasteiger partial charge on any atom is -0.479 e. The van der Waals surface area contributed by atoms with Crippen LogP contribution < -0.4 is 5.32 Å². The first-order chi connectivity index (χ1) is 7.61. The van der Waals surface area contributed by atoms with Crippen molar-refractivity contribution in [3.8, 4) is 0 Å². The number of aliphatic hydroxyl groups excluding tert-OH is 1. The number of carboxylic acid groups (broad SMARTS) is 1. The predicted molar refractivity (Wildman–Crippen MR) is 57.8 cm³/mol. The Morgan fingerprint density at radius 1 is 1.25 bits per heavy atom. The molecule has 0 aliphatic heterocycles. The van der Waals surface area contributed by atoms with Gasteiger partial charge in [-0.25, -0.2) is 4.79 Å². The van der Waals surface area contributed by atoms with Gasteiger partial charge in [-0.15, -0.1) is 0 Å². The molecule has 1 atom stereocenters. The molecule has 1 rings (SSSR count). The van der Waals surface area contributed by atoms with Crippen molar-refractivity contribution in [2.45, 2.75) is 44.6 Å². The minimum absolute atomic E-state index is 0.00251. The average molecular weight is 229 g/mol. The van der Waals surface area contributed by atoms with Gasteiger partial charge in [0.15, 0.2) is 6.10 Å². The highest BCUT2D eigenvalue weighted by Crippen LogP contribution is 2.23. The summed E-state index contributed by atoms with van der Waals surface area (Å²) in [5.41, 5.74) is 0. The van der Waals surface area contributed by atoms with Gasteiger partial charge in [-0.3, -0.25) is 4.79 Å². The zero-order valence-corrected chi connectivity index (χ0v) is 9.32. The van der Waals surface area contributed by atoms with Crippen LogP contribution in [0.25, 0.3) is 0 Å². The van der Waals surface area contributed by atoms with Crippen molar-refractivity contribution in [1.82, 2.24) is 5.32 Å². The van der Waals surface area contributed by atoms with E-state index in [1.165, 1.54) is 6.42 Å². The quantitative estimate of drug-likeness (QED) is 0.641. The normalized spacial score (nSPS) is 19.1. The van der Waals surface area contributed by atoms with Gasteiger partial charge in [0.05, 0.1) is 0 Å². The van der Waals surface area contributed by atoms with E-state index in [1.54, 1.807) is 0 Å². The lowest BCUT2D eigenvalue weighted by Crippen LogP contribution is -2.35. The summed E-state index contributed by atoms with van der Waals surface area (Å²) in [5.74, 6) is -1.17. The van der Waals surface area contributed by atoms with Crippen molar-refractivity contribution in [2.75, 3.05) is 6.54 Å². The Morgan fingerprint density at radius 3 is 2.44 bits per heavy atom. The predicted octanol–water partition coefficient (Wildman–Crippen LogP) is 0.518. The minimum atomic E-state index is -1.38. The van der Waals surface area contributed by atoms with Crippen LogP contribution in [0.5, 0.6) is 0 Å². The van der Waals surface area contributed by atoms with Crippen molar-refractivity contribution >= 4 is 11.9 Å². The molecule has 0 radical (unpaired) electrons. The van der Waals surface area contributed by atoms with Gasteiger partial charge >= 0.3 is 5.97 Å². The number of amides is 1. The maximum absolute atomic E-state index is 11.6. The summed E-state index contributed by atoms with van der Waals surface area (Å²) in [6.07, 6.45) is 3.91. The lowest BCUT2D eigenvalue weighted by atomic mass is 9.88. The fourth-order valence-electron chi connectivity index (χ4n) is 1.96. The smallest absolute Gasteiger partial charge is 0.332 e. The van der Waals surface area contributed by atoms with E-state index in [9.17, 15) is 9.59 Å². The molecular weight excluding hydrogens is 210 g/mol. The van der Waals surface area contributed by atoms with Crippen molar-refractivity contribution < 1.29 is 19.8 Å². The van der Waals surface area contributed by atoms with E-state index in [1.807, 2.05) is 0 Å². The molecule has 16 heavy (non-hydrogen) atoms. The highest BCUT2D eigenvalue weighted by atomic mass is 16.4.